The zero-order valence-electron chi connectivity index (χ0n) is 8.83. The zero-order chi connectivity index (χ0) is 12.1. The SMILES string of the molecule is CC(CO)C[C@@H](O)C(C)COS(=O)(=O)O. The van der Waals surface area contributed by atoms with Gasteiger partial charge in [-0.1, -0.05) is 13.8 Å². The van der Waals surface area contributed by atoms with Crippen LogP contribution in [0.1, 0.15) is 20.3 Å². The maximum absolute atomic E-state index is 10.2. The molecular formula is C8H18O6S. The first-order valence-electron chi connectivity index (χ1n) is 4.67. The lowest BCUT2D eigenvalue weighted by Crippen LogP contribution is -2.26. The third-order valence-corrected chi connectivity index (χ3v) is 2.53. The molecule has 0 rings (SSSR count). The van der Waals surface area contributed by atoms with E-state index < -0.39 is 22.4 Å². The third-order valence-electron chi connectivity index (χ3n) is 2.09. The topological polar surface area (TPSA) is 104 Å². The van der Waals surface area contributed by atoms with Crippen molar-refractivity contribution >= 4 is 10.4 Å². The summed E-state index contributed by atoms with van der Waals surface area (Å²) in [5.41, 5.74) is 0. The maximum atomic E-state index is 10.2. The summed E-state index contributed by atoms with van der Waals surface area (Å²) in [6.07, 6.45) is -0.416. The lowest BCUT2D eigenvalue weighted by Gasteiger charge is -2.20. The normalized spacial score (nSPS) is 18.5. The van der Waals surface area contributed by atoms with Gasteiger partial charge < -0.3 is 10.2 Å². The van der Waals surface area contributed by atoms with Crippen LogP contribution in [-0.2, 0) is 14.6 Å². The molecule has 6 nitrogen and oxygen atoms in total. The van der Waals surface area contributed by atoms with Crippen LogP contribution in [-0.4, -0.2) is 42.5 Å². The van der Waals surface area contributed by atoms with E-state index in [0.29, 0.717) is 6.42 Å². The predicted molar refractivity (Wildman–Crippen MR) is 53.5 cm³/mol. The lowest BCUT2D eigenvalue weighted by atomic mass is 9.96. The molecule has 0 aliphatic heterocycles. The van der Waals surface area contributed by atoms with Crippen LogP contribution < -0.4 is 0 Å². The second-order valence-corrected chi connectivity index (χ2v) is 4.87. The summed E-state index contributed by atoms with van der Waals surface area (Å²) in [6.45, 7) is 3.04. The van der Waals surface area contributed by atoms with Gasteiger partial charge in [0.2, 0.25) is 0 Å². The van der Waals surface area contributed by atoms with E-state index in [1.54, 1.807) is 13.8 Å². The van der Waals surface area contributed by atoms with Crippen molar-refractivity contribution in [2.24, 2.45) is 11.8 Å². The van der Waals surface area contributed by atoms with Gasteiger partial charge in [-0.3, -0.25) is 4.55 Å². The van der Waals surface area contributed by atoms with E-state index in [1.807, 2.05) is 0 Å². The van der Waals surface area contributed by atoms with Gasteiger partial charge in [-0.25, -0.2) is 4.18 Å². The summed E-state index contributed by atoms with van der Waals surface area (Å²) < 4.78 is 32.9. The Kier molecular flexibility index (Phi) is 6.30. The van der Waals surface area contributed by atoms with E-state index >= 15 is 0 Å². The Hall–Kier alpha value is -0.210. The first-order valence-corrected chi connectivity index (χ1v) is 6.03. The van der Waals surface area contributed by atoms with Crippen LogP contribution >= 0.6 is 0 Å². The minimum Gasteiger partial charge on any atom is -0.396 e. The van der Waals surface area contributed by atoms with Gasteiger partial charge in [0.1, 0.15) is 0 Å². The fourth-order valence-electron chi connectivity index (χ4n) is 1.02. The quantitative estimate of drug-likeness (QED) is 0.535. The Morgan fingerprint density at radius 2 is 1.87 bits per heavy atom. The number of aliphatic hydroxyl groups excluding tert-OH is 2. The van der Waals surface area contributed by atoms with Crippen LogP contribution in [0.5, 0.6) is 0 Å². The first-order chi connectivity index (χ1) is 6.76. The molecule has 0 aromatic heterocycles. The van der Waals surface area contributed by atoms with Crippen molar-refractivity contribution in [3.05, 3.63) is 0 Å². The molecule has 92 valence electrons. The van der Waals surface area contributed by atoms with Crippen molar-refractivity contribution in [2.75, 3.05) is 13.2 Å². The van der Waals surface area contributed by atoms with Gasteiger partial charge in [-0.15, -0.1) is 0 Å². The van der Waals surface area contributed by atoms with Gasteiger partial charge in [0.15, 0.2) is 0 Å². The van der Waals surface area contributed by atoms with Crippen molar-refractivity contribution < 1.29 is 27.4 Å². The van der Waals surface area contributed by atoms with E-state index in [4.69, 9.17) is 9.66 Å². The van der Waals surface area contributed by atoms with Crippen molar-refractivity contribution in [3.8, 4) is 0 Å². The van der Waals surface area contributed by atoms with Gasteiger partial charge in [0.25, 0.3) is 0 Å². The van der Waals surface area contributed by atoms with E-state index in [1.165, 1.54) is 0 Å². The lowest BCUT2D eigenvalue weighted by molar-refractivity contribution is 0.0549. The molecule has 0 fully saturated rings. The highest BCUT2D eigenvalue weighted by Crippen LogP contribution is 2.14. The van der Waals surface area contributed by atoms with Crippen LogP contribution in [0.4, 0.5) is 0 Å². The van der Waals surface area contributed by atoms with Crippen LogP contribution in [0, 0.1) is 11.8 Å². The summed E-state index contributed by atoms with van der Waals surface area (Å²) in [4.78, 5) is 0. The molecule has 7 heteroatoms. The minimum absolute atomic E-state index is 0.0388. The standard InChI is InChI=1S/C8H18O6S/c1-6(4-9)3-8(10)7(2)5-14-15(11,12)13/h6-10H,3-5H2,1-2H3,(H,11,12,13)/t6?,7?,8-/m1/s1. The third kappa shape index (κ3) is 7.69. The van der Waals surface area contributed by atoms with Gasteiger partial charge in [0, 0.05) is 12.5 Å². The molecular weight excluding hydrogens is 224 g/mol. The Balaban J connectivity index is 3.94. The van der Waals surface area contributed by atoms with Crippen LogP contribution in [0.25, 0.3) is 0 Å². The Morgan fingerprint density at radius 1 is 1.33 bits per heavy atom. The largest absolute Gasteiger partial charge is 0.397 e. The van der Waals surface area contributed by atoms with E-state index in [9.17, 15) is 13.5 Å². The van der Waals surface area contributed by atoms with Crippen LogP contribution in [0.3, 0.4) is 0 Å². The second kappa shape index (κ2) is 6.39. The Labute approximate surface area is 89.8 Å². The average Bonchev–Trinajstić information content (AvgIpc) is 2.12. The van der Waals surface area contributed by atoms with Crippen LogP contribution in [0.2, 0.25) is 0 Å². The van der Waals surface area contributed by atoms with E-state index in [0.717, 1.165) is 0 Å². The highest BCUT2D eigenvalue weighted by atomic mass is 32.3. The molecule has 0 amide bonds. The highest BCUT2D eigenvalue weighted by Gasteiger charge is 2.19. The van der Waals surface area contributed by atoms with Crippen molar-refractivity contribution in [1.29, 1.82) is 0 Å². The van der Waals surface area contributed by atoms with Gasteiger partial charge in [0.05, 0.1) is 12.7 Å². The second-order valence-electron chi connectivity index (χ2n) is 3.78. The molecule has 0 bridgehead atoms. The van der Waals surface area contributed by atoms with Gasteiger partial charge >= 0.3 is 10.4 Å². The van der Waals surface area contributed by atoms with Crippen LogP contribution in [0.15, 0.2) is 0 Å². The Bertz CT molecular complexity index is 262. The van der Waals surface area contributed by atoms with Crippen molar-refractivity contribution in [2.45, 2.75) is 26.4 Å². The monoisotopic (exact) mass is 242 g/mol. The summed E-state index contributed by atoms with van der Waals surface area (Å²) in [6, 6.07) is 0. The summed E-state index contributed by atoms with van der Waals surface area (Å²) in [5, 5.41) is 18.3. The molecule has 0 spiro atoms. The molecule has 15 heavy (non-hydrogen) atoms. The van der Waals surface area contributed by atoms with Crippen molar-refractivity contribution in [1.82, 2.24) is 0 Å². The van der Waals surface area contributed by atoms with Gasteiger partial charge in [-0.05, 0) is 12.3 Å². The fraction of sp³-hybridized carbons (Fsp3) is 1.00. The summed E-state index contributed by atoms with van der Waals surface area (Å²) in [7, 11) is -4.45. The summed E-state index contributed by atoms with van der Waals surface area (Å²) >= 11 is 0. The Morgan fingerprint density at radius 3 is 2.27 bits per heavy atom. The molecule has 0 aromatic rings. The molecule has 0 radical (unpaired) electrons. The first kappa shape index (κ1) is 14.8. The predicted octanol–water partition coefficient (Wildman–Crippen LogP) is -0.179. The number of hydrogen-bond donors (Lipinski definition) is 3. The molecule has 0 aliphatic carbocycles. The number of aliphatic hydroxyl groups is 2. The molecule has 0 aromatic carbocycles. The fourth-order valence-corrected chi connectivity index (χ4v) is 1.41. The van der Waals surface area contributed by atoms with E-state index in [-0.39, 0.29) is 19.1 Å². The number of hydrogen-bond acceptors (Lipinski definition) is 5. The molecule has 0 aliphatic rings. The molecule has 2 unspecified atom stereocenters. The zero-order valence-corrected chi connectivity index (χ0v) is 9.64. The molecule has 3 N–H and O–H groups in total. The van der Waals surface area contributed by atoms with Gasteiger partial charge in [-0.2, -0.15) is 8.42 Å². The molecule has 3 atom stereocenters. The molecule has 0 saturated carbocycles. The molecule has 0 heterocycles. The maximum Gasteiger partial charge on any atom is 0.397 e. The smallest absolute Gasteiger partial charge is 0.396 e. The highest BCUT2D eigenvalue weighted by molar-refractivity contribution is 7.80. The number of rotatable bonds is 7. The minimum atomic E-state index is -4.45. The van der Waals surface area contributed by atoms with E-state index in [2.05, 4.69) is 4.18 Å². The summed E-state index contributed by atoms with van der Waals surface area (Å²) in [5.74, 6) is -0.492. The molecule has 0 saturated heterocycles. The average molecular weight is 242 g/mol. The van der Waals surface area contributed by atoms with Crippen molar-refractivity contribution in [3.63, 3.8) is 0 Å².